The lowest BCUT2D eigenvalue weighted by molar-refractivity contribution is 0.145. The molecule has 3 nitrogen and oxygen atoms in total. The van der Waals surface area contributed by atoms with Crippen LogP contribution in [0.4, 0.5) is 0 Å². The summed E-state index contributed by atoms with van der Waals surface area (Å²) in [5.74, 6) is 0. The van der Waals surface area contributed by atoms with Crippen LogP contribution in [0.1, 0.15) is 13.3 Å². The van der Waals surface area contributed by atoms with Crippen molar-refractivity contribution in [2.75, 3.05) is 33.9 Å². The highest BCUT2D eigenvalue weighted by molar-refractivity contribution is 7.80. The molecule has 0 spiro atoms. The van der Waals surface area contributed by atoms with Gasteiger partial charge in [-0.15, -0.1) is 0 Å². The Bertz CT molecular complexity index is 128. The van der Waals surface area contributed by atoms with Crippen molar-refractivity contribution >= 4 is 17.3 Å². The van der Waals surface area contributed by atoms with Gasteiger partial charge in [0.05, 0.1) is 0 Å². The third kappa shape index (κ3) is 6.37. The lowest BCUT2D eigenvalue weighted by atomic mass is 10.4. The Hall–Kier alpha value is -0.350. The first-order valence-electron chi connectivity index (χ1n) is 4.21. The average Bonchev–Trinajstić information content (AvgIpc) is 2.03. The maximum absolute atomic E-state index is 5.18. The van der Waals surface area contributed by atoms with Crippen molar-refractivity contribution in [2.45, 2.75) is 13.3 Å². The molecular weight excluding hydrogens is 172 g/mol. The fourth-order valence-electron chi connectivity index (χ4n) is 0.672. The highest BCUT2D eigenvalue weighted by Gasteiger charge is 1.95. The fourth-order valence-corrected chi connectivity index (χ4v) is 0.774. The van der Waals surface area contributed by atoms with E-state index in [0.29, 0.717) is 0 Å². The summed E-state index contributed by atoms with van der Waals surface area (Å²) >= 11 is 5.03. The van der Waals surface area contributed by atoms with Crippen molar-refractivity contribution in [3.8, 4) is 0 Å². The van der Waals surface area contributed by atoms with Gasteiger partial charge in [-0.1, -0.05) is 0 Å². The molecule has 72 valence electrons. The van der Waals surface area contributed by atoms with Crippen LogP contribution in [-0.4, -0.2) is 43.9 Å². The Labute approximate surface area is 80.1 Å². The number of hydrogen-bond donors (Lipinski definition) is 1. The highest BCUT2D eigenvalue weighted by atomic mass is 32.1. The van der Waals surface area contributed by atoms with Crippen LogP contribution in [0.3, 0.4) is 0 Å². The van der Waals surface area contributed by atoms with Gasteiger partial charge in [-0.3, -0.25) is 0 Å². The molecule has 1 N–H and O–H groups in total. The maximum Gasteiger partial charge on any atom is 0.168 e. The lowest BCUT2D eigenvalue weighted by Crippen LogP contribution is -2.35. The van der Waals surface area contributed by atoms with Crippen molar-refractivity contribution < 1.29 is 4.74 Å². The van der Waals surface area contributed by atoms with Crippen LogP contribution < -0.4 is 5.32 Å². The van der Waals surface area contributed by atoms with Gasteiger partial charge in [0.25, 0.3) is 0 Å². The third-order valence-corrected chi connectivity index (χ3v) is 1.86. The maximum atomic E-state index is 5.18. The second-order valence-electron chi connectivity index (χ2n) is 2.68. The molecule has 0 unspecified atom stereocenters. The van der Waals surface area contributed by atoms with E-state index in [1.54, 1.807) is 0 Å². The number of nitrogens with zero attached hydrogens (tertiary/aromatic N) is 1. The molecule has 0 fully saturated rings. The van der Waals surface area contributed by atoms with Crippen molar-refractivity contribution in [1.29, 1.82) is 0 Å². The predicted octanol–water partition coefficient (Wildman–Crippen LogP) is 0.849. The van der Waals surface area contributed by atoms with Gasteiger partial charge < -0.3 is 15.0 Å². The van der Waals surface area contributed by atoms with E-state index >= 15 is 0 Å². The van der Waals surface area contributed by atoms with E-state index in [0.717, 1.165) is 31.3 Å². The third-order valence-electron chi connectivity index (χ3n) is 1.35. The van der Waals surface area contributed by atoms with Gasteiger partial charge in [0.15, 0.2) is 5.11 Å². The quantitative estimate of drug-likeness (QED) is 0.513. The van der Waals surface area contributed by atoms with Gasteiger partial charge in [-0.2, -0.15) is 0 Å². The fraction of sp³-hybridized carbons (Fsp3) is 0.875. The van der Waals surface area contributed by atoms with E-state index in [-0.39, 0.29) is 0 Å². The van der Waals surface area contributed by atoms with Gasteiger partial charge in [-0.25, -0.2) is 0 Å². The Morgan fingerprint density at radius 2 is 2.17 bits per heavy atom. The molecule has 0 aromatic heterocycles. The lowest BCUT2D eigenvalue weighted by Gasteiger charge is -2.14. The smallest absolute Gasteiger partial charge is 0.168 e. The number of hydrogen-bond acceptors (Lipinski definition) is 2. The van der Waals surface area contributed by atoms with Crippen molar-refractivity contribution in [3.05, 3.63) is 0 Å². The first-order chi connectivity index (χ1) is 5.68. The van der Waals surface area contributed by atoms with E-state index in [9.17, 15) is 0 Å². The minimum absolute atomic E-state index is 0.784. The Kier molecular flexibility index (Phi) is 7.09. The number of ether oxygens (including phenoxy) is 1. The standard InChI is InChI=1S/C8H18N2OS/c1-4-11-7-5-6-9-8(12)10(2)3/h4-7H2,1-3H3,(H,9,12). The number of rotatable bonds is 5. The molecule has 0 aliphatic carbocycles. The van der Waals surface area contributed by atoms with E-state index in [2.05, 4.69) is 5.32 Å². The van der Waals surface area contributed by atoms with E-state index in [4.69, 9.17) is 17.0 Å². The van der Waals surface area contributed by atoms with Crippen LogP contribution in [0.5, 0.6) is 0 Å². The Morgan fingerprint density at radius 1 is 1.50 bits per heavy atom. The van der Waals surface area contributed by atoms with Crippen LogP contribution in [-0.2, 0) is 4.74 Å². The van der Waals surface area contributed by atoms with Crippen LogP contribution in [0, 0.1) is 0 Å². The topological polar surface area (TPSA) is 24.5 Å². The molecule has 0 bridgehead atoms. The zero-order valence-electron chi connectivity index (χ0n) is 8.09. The van der Waals surface area contributed by atoms with Crippen LogP contribution in [0.2, 0.25) is 0 Å². The summed E-state index contributed by atoms with van der Waals surface area (Å²) in [7, 11) is 3.86. The van der Waals surface area contributed by atoms with Gasteiger partial charge >= 0.3 is 0 Å². The summed E-state index contributed by atoms with van der Waals surface area (Å²) in [5.41, 5.74) is 0. The second-order valence-corrected chi connectivity index (χ2v) is 3.06. The zero-order valence-corrected chi connectivity index (χ0v) is 8.91. The monoisotopic (exact) mass is 190 g/mol. The second kappa shape index (κ2) is 7.31. The van der Waals surface area contributed by atoms with Crippen LogP contribution in [0.25, 0.3) is 0 Å². The molecule has 0 aliphatic rings. The normalized spacial score (nSPS) is 9.58. The van der Waals surface area contributed by atoms with Gasteiger partial charge in [-0.05, 0) is 25.6 Å². The van der Waals surface area contributed by atoms with Gasteiger partial charge in [0.1, 0.15) is 0 Å². The molecule has 0 saturated heterocycles. The molecule has 4 heteroatoms. The number of nitrogens with one attached hydrogen (secondary N) is 1. The molecule has 0 amide bonds. The molecule has 0 aromatic carbocycles. The van der Waals surface area contributed by atoms with Crippen molar-refractivity contribution in [2.24, 2.45) is 0 Å². The van der Waals surface area contributed by atoms with E-state index in [1.807, 2.05) is 25.9 Å². The Morgan fingerprint density at radius 3 is 2.67 bits per heavy atom. The number of thiocarbonyl (C=S) groups is 1. The van der Waals surface area contributed by atoms with E-state index < -0.39 is 0 Å². The van der Waals surface area contributed by atoms with E-state index in [1.165, 1.54) is 0 Å². The average molecular weight is 190 g/mol. The zero-order chi connectivity index (χ0) is 9.40. The van der Waals surface area contributed by atoms with Crippen LogP contribution >= 0.6 is 12.2 Å². The molecule has 0 radical (unpaired) electrons. The summed E-state index contributed by atoms with van der Waals surface area (Å²) in [6.45, 7) is 4.48. The molecule has 0 saturated carbocycles. The largest absolute Gasteiger partial charge is 0.382 e. The molecule has 0 atom stereocenters. The molecular formula is C8H18N2OS. The summed E-state index contributed by atoms with van der Waals surface area (Å²) in [6, 6.07) is 0. The molecule has 12 heavy (non-hydrogen) atoms. The predicted molar refractivity (Wildman–Crippen MR) is 55.4 cm³/mol. The molecule has 0 rings (SSSR count). The molecule has 0 aliphatic heterocycles. The minimum Gasteiger partial charge on any atom is -0.382 e. The van der Waals surface area contributed by atoms with Gasteiger partial charge in [0.2, 0.25) is 0 Å². The van der Waals surface area contributed by atoms with Crippen molar-refractivity contribution in [1.82, 2.24) is 10.2 Å². The SMILES string of the molecule is CCOCCCNC(=S)N(C)C. The molecule has 0 aromatic rings. The van der Waals surface area contributed by atoms with Crippen LogP contribution in [0.15, 0.2) is 0 Å². The Balaban J connectivity index is 3.14. The summed E-state index contributed by atoms with van der Waals surface area (Å²) < 4.78 is 5.18. The van der Waals surface area contributed by atoms with Gasteiger partial charge in [0, 0.05) is 33.9 Å². The van der Waals surface area contributed by atoms with Crippen molar-refractivity contribution in [3.63, 3.8) is 0 Å². The first kappa shape index (κ1) is 11.6. The minimum atomic E-state index is 0.784. The summed E-state index contributed by atoms with van der Waals surface area (Å²) in [4.78, 5) is 1.88. The highest BCUT2D eigenvalue weighted by Crippen LogP contribution is 1.82. The molecule has 0 heterocycles. The first-order valence-corrected chi connectivity index (χ1v) is 4.62. The summed E-state index contributed by atoms with van der Waals surface area (Å²) in [6.07, 6.45) is 1.00. The summed E-state index contributed by atoms with van der Waals surface area (Å²) in [5, 5.41) is 3.90.